The third-order valence-corrected chi connectivity index (χ3v) is 2.98. The molecule has 0 rings (SSSR count). The van der Waals surface area contributed by atoms with Gasteiger partial charge in [0.15, 0.2) is 0 Å². The first-order chi connectivity index (χ1) is 3.95. The Hall–Kier alpha value is -0.293. The van der Waals surface area contributed by atoms with Crippen molar-refractivity contribution in [3.63, 3.8) is 0 Å². The zero-order valence-corrected chi connectivity index (χ0v) is 7.73. The highest BCUT2D eigenvalue weighted by Gasteiger charge is 2.16. The van der Waals surface area contributed by atoms with Gasteiger partial charge < -0.3 is 0 Å². The molecule has 52 valence electrons. The molecule has 0 aromatic carbocycles. The molecular formula is C7H15NSi. The van der Waals surface area contributed by atoms with Gasteiger partial charge in [0.1, 0.15) is 0 Å². The smallest absolute Gasteiger partial charge is 0.0649 e. The average molecular weight is 141 g/mol. The quantitative estimate of drug-likeness (QED) is 0.542. The van der Waals surface area contributed by atoms with Crippen molar-refractivity contribution in [2.45, 2.75) is 32.6 Å². The fourth-order valence-corrected chi connectivity index (χ4v) is 2.89. The summed E-state index contributed by atoms with van der Waals surface area (Å²) in [6, 6.07) is 3.38. The zero-order chi connectivity index (χ0) is 7.49. The Morgan fingerprint density at radius 2 is 1.89 bits per heavy atom. The number of nitriles is 1. The van der Waals surface area contributed by atoms with Gasteiger partial charge in [-0.3, -0.25) is 0 Å². The Morgan fingerprint density at radius 1 is 1.44 bits per heavy atom. The molecule has 0 heterocycles. The van der Waals surface area contributed by atoms with Crippen molar-refractivity contribution >= 4 is 8.07 Å². The highest BCUT2D eigenvalue weighted by molar-refractivity contribution is 6.76. The molecule has 0 aliphatic heterocycles. The first-order valence-corrected chi connectivity index (χ1v) is 7.06. The fraction of sp³-hybridized carbons (Fsp3) is 0.857. The minimum atomic E-state index is -0.964. The van der Waals surface area contributed by atoms with Crippen molar-refractivity contribution in [3.05, 3.63) is 0 Å². The molecule has 0 spiro atoms. The molecule has 0 aliphatic rings. The summed E-state index contributed by atoms with van der Waals surface area (Å²) in [5.41, 5.74) is 0. The molecule has 0 radical (unpaired) electrons. The molecule has 0 bridgehead atoms. The SMILES string of the molecule is CC(C#N)C[Si](C)(C)C. The van der Waals surface area contributed by atoms with Crippen molar-refractivity contribution < 1.29 is 0 Å². The van der Waals surface area contributed by atoms with E-state index in [2.05, 4.69) is 25.7 Å². The largest absolute Gasteiger partial charge is 0.198 e. The van der Waals surface area contributed by atoms with Crippen molar-refractivity contribution in [3.8, 4) is 6.07 Å². The number of rotatable bonds is 2. The lowest BCUT2D eigenvalue weighted by Crippen LogP contribution is -2.21. The van der Waals surface area contributed by atoms with Crippen LogP contribution in [-0.2, 0) is 0 Å². The van der Waals surface area contributed by atoms with Crippen LogP contribution in [0.4, 0.5) is 0 Å². The summed E-state index contributed by atoms with van der Waals surface area (Å²) < 4.78 is 0. The number of nitrogens with zero attached hydrogens (tertiary/aromatic N) is 1. The molecule has 0 N–H and O–H groups in total. The molecule has 0 saturated carbocycles. The van der Waals surface area contributed by atoms with Gasteiger partial charge in [-0.1, -0.05) is 19.6 Å². The predicted molar refractivity (Wildman–Crippen MR) is 42.9 cm³/mol. The molecular weight excluding hydrogens is 126 g/mol. The van der Waals surface area contributed by atoms with Gasteiger partial charge >= 0.3 is 0 Å². The second-order valence-electron chi connectivity index (χ2n) is 3.79. The summed E-state index contributed by atoms with van der Waals surface area (Å²) >= 11 is 0. The van der Waals surface area contributed by atoms with Gasteiger partial charge in [0.25, 0.3) is 0 Å². The van der Waals surface area contributed by atoms with E-state index >= 15 is 0 Å². The lowest BCUT2D eigenvalue weighted by Gasteiger charge is -2.16. The van der Waals surface area contributed by atoms with Gasteiger partial charge in [-0.15, -0.1) is 0 Å². The Balaban J connectivity index is 3.63. The Morgan fingerprint density at radius 3 is 2.00 bits per heavy atom. The van der Waals surface area contributed by atoms with Crippen LogP contribution < -0.4 is 0 Å². The Labute approximate surface area is 58.7 Å². The molecule has 0 saturated heterocycles. The maximum absolute atomic E-state index is 8.47. The van der Waals surface area contributed by atoms with Crippen LogP contribution in [0.1, 0.15) is 6.92 Å². The van der Waals surface area contributed by atoms with Crippen LogP contribution in [-0.4, -0.2) is 8.07 Å². The van der Waals surface area contributed by atoms with E-state index in [9.17, 15) is 0 Å². The maximum atomic E-state index is 8.47. The van der Waals surface area contributed by atoms with E-state index in [1.807, 2.05) is 6.92 Å². The van der Waals surface area contributed by atoms with E-state index in [1.54, 1.807) is 0 Å². The highest BCUT2D eigenvalue weighted by atomic mass is 28.3. The van der Waals surface area contributed by atoms with Gasteiger partial charge in [-0.25, -0.2) is 0 Å². The predicted octanol–water partition coefficient (Wildman–Crippen LogP) is 2.48. The molecule has 9 heavy (non-hydrogen) atoms. The normalized spacial score (nSPS) is 14.6. The molecule has 1 atom stereocenters. The standard InChI is InChI=1S/C7H15NSi/c1-7(5-8)6-9(2,3)4/h7H,6H2,1-4H3. The van der Waals surface area contributed by atoms with Crippen LogP contribution in [0.15, 0.2) is 0 Å². The summed E-state index contributed by atoms with van der Waals surface area (Å²) in [5, 5.41) is 8.47. The molecule has 1 nitrogen and oxygen atoms in total. The van der Waals surface area contributed by atoms with Crippen molar-refractivity contribution in [2.24, 2.45) is 5.92 Å². The summed E-state index contributed by atoms with van der Waals surface area (Å²) in [6.07, 6.45) is 0. The molecule has 0 aromatic rings. The van der Waals surface area contributed by atoms with E-state index < -0.39 is 8.07 Å². The van der Waals surface area contributed by atoms with E-state index in [0.29, 0.717) is 0 Å². The molecule has 0 fully saturated rings. The third-order valence-electron chi connectivity index (χ3n) is 1.14. The molecule has 2 heteroatoms. The minimum Gasteiger partial charge on any atom is -0.198 e. The Kier molecular flexibility index (Phi) is 2.93. The van der Waals surface area contributed by atoms with Crippen molar-refractivity contribution in [1.29, 1.82) is 5.26 Å². The van der Waals surface area contributed by atoms with E-state index in [1.165, 1.54) is 0 Å². The van der Waals surface area contributed by atoms with Crippen LogP contribution in [0.5, 0.6) is 0 Å². The molecule has 1 unspecified atom stereocenters. The van der Waals surface area contributed by atoms with Gasteiger partial charge in [0.2, 0.25) is 0 Å². The first kappa shape index (κ1) is 8.71. The lowest BCUT2D eigenvalue weighted by atomic mass is 10.3. The molecule has 0 amide bonds. The van der Waals surface area contributed by atoms with Gasteiger partial charge in [-0.05, 0) is 13.0 Å². The maximum Gasteiger partial charge on any atom is 0.0649 e. The third kappa shape index (κ3) is 5.58. The second kappa shape index (κ2) is 3.02. The Bertz CT molecular complexity index is 118. The monoisotopic (exact) mass is 141 g/mol. The van der Waals surface area contributed by atoms with E-state index in [-0.39, 0.29) is 5.92 Å². The second-order valence-corrected chi connectivity index (χ2v) is 9.32. The zero-order valence-electron chi connectivity index (χ0n) is 6.73. The molecule has 0 aromatic heterocycles. The van der Waals surface area contributed by atoms with Crippen molar-refractivity contribution in [1.82, 2.24) is 0 Å². The lowest BCUT2D eigenvalue weighted by molar-refractivity contribution is 0.827. The van der Waals surface area contributed by atoms with Crippen molar-refractivity contribution in [2.75, 3.05) is 0 Å². The minimum absolute atomic E-state index is 0.261. The highest BCUT2D eigenvalue weighted by Crippen LogP contribution is 2.14. The molecule has 0 aliphatic carbocycles. The topological polar surface area (TPSA) is 23.8 Å². The van der Waals surface area contributed by atoms with Gasteiger partial charge in [0.05, 0.1) is 6.07 Å². The summed E-state index contributed by atoms with van der Waals surface area (Å²) in [6.45, 7) is 8.88. The summed E-state index contributed by atoms with van der Waals surface area (Å²) in [4.78, 5) is 0. The first-order valence-electron chi connectivity index (χ1n) is 3.35. The number of hydrogen-bond acceptors (Lipinski definition) is 1. The van der Waals surface area contributed by atoms with Gasteiger partial charge in [0, 0.05) is 14.0 Å². The van der Waals surface area contributed by atoms with Crippen LogP contribution in [0, 0.1) is 17.2 Å². The van der Waals surface area contributed by atoms with E-state index in [0.717, 1.165) is 6.04 Å². The van der Waals surface area contributed by atoms with Crippen LogP contribution in [0.2, 0.25) is 25.7 Å². The fourth-order valence-electron chi connectivity index (χ4n) is 0.964. The van der Waals surface area contributed by atoms with Crippen LogP contribution >= 0.6 is 0 Å². The van der Waals surface area contributed by atoms with Crippen LogP contribution in [0.25, 0.3) is 0 Å². The van der Waals surface area contributed by atoms with Crippen LogP contribution in [0.3, 0.4) is 0 Å². The average Bonchev–Trinajstić information content (AvgIpc) is 1.62. The van der Waals surface area contributed by atoms with Gasteiger partial charge in [-0.2, -0.15) is 5.26 Å². The summed E-state index contributed by atoms with van der Waals surface area (Å²) in [7, 11) is -0.964. The summed E-state index contributed by atoms with van der Waals surface area (Å²) in [5.74, 6) is 0.261. The number of hydrogen-bond donors (Lipinski definition) is 0. The van der Waals surface area contributed by atoms with E-state index in [4.69, 9.17) is 5.26 Å².